The van der Waals surface area contributed by atoms with E-state index in [1.807, 2.05) is 23.0 Å². The van der Waals surface area contributed by atoms with Crippen LogP contribution in [0.5, 0.6) is 0 Å². The van der Waals surface area contributed by atoms with Gasteiger partial charge < -0.3 is 18.1 Å². The van der Waals surface area contributed by atoms with Crippen molar-refractivity contribution >= 4 is 5.69 Å². The van der Waals surface area contributed by atoms with E-state index in [1.54, 1.807) is 6.20 Å². The Morgan fingerprint density at radius 1 is 1.33 bits per heavy atom. The average Bonchev–Trinajstić information content (AvgIpc) is 2.56. The van der Waals surface area contributed by atoms with Crippen LogP contribution in [0.4, 0.5) is 5.69 Å². The van der Waals surface area contributed by atoms with Crippen molar-refractivity contribution in [1.82, 2.24) is 9.78 Å². The molecule has 0 bridgehead atoms. The van der Waals surface area contributed by atoms with Gasteiger partial charge in [-0.05, 0) is 18.1 Å². The van der Waals surface area contributed by atoms with Crippen LogP contribution in [-0.2, 0) is 6.54 Å². The lowest BCUT2D eigenvalue weighted by atomic mass is 10.1. The van der Waals surface area contributed by atoms with Crippen molar-refractivity contribution in [3.63, 3.8) is 0 Å². The van der Waals surface area contributed by atoms with Gasteiger partial charge in [0, 0.05) is 6.20 Å². The van der Waals surface area contributed by atoms with Crippen LogP contribution in [-0.4, -0.2) is 9.78 Å². The molecule has 2 aromatic rings. The molecule has 1 aromatic carbocycles. The maximum atomic E-state index is 5.59. The Labute approximate surface area is 95.3 Å². The first-order chi connectivity index (χ1) is 6.75. The molecule has 1 aromatic heterocycles. The van der Waals surface area contributed by atoms with Gasteiger partial charge in [0.1, 0.15) is 0 Å². The van der Waals surface area contributed by atoms with Gasteiger partial charge in [0.25, 0.3) is 0 Å². The van der Waals surface area contributed by atoms with Crippen molar-refractivity contribution in [2.75, 3.05) is 5.73 Å². The van der Waals surface area contributed by atoms with Gasteiger partial charge in [0.05, 0.1) is 18.4 Å². The molecule has 0 aliphatic rings. The van der Waals surface area contributed by atoms with E-state index in [0.717, 1.165) is 6.54 Å². The summed E-state index contributed by atoms with van der Waals surface area (Å²) in [7, 11) is 0. The van der Waals surface area contributed by atoms with Crippen LogP contribution < -0.4 is 18.1 Å². The second-order valence-corrected chi connectivity index (χ2v) is 3.40. The first-order valence-electron chi connectivity index (χ1n) is 4.58. The van der Waals surface area contributed by atoms with Gasteiger partial charge in [-0.25, -0.2) is 0 Å². The van der Waals surface area contributed by atoms with Crippen LogP contribution in [0.1, 0.15) is 11.1 Å². The van der Waals surface area contributed by atoms with E-state index in [-0.39, 0.29) is 12.4 Å². The fraction of sp³-hybridized carbons (Fsp3) is 0.182. The summed E-state index contributed by atoms with van der Waals surface area (Å²) in [4.78, 5) is 0. The Balaban J connectivity index is 0.00000112. The number of hydrogen-bond acceptors (Lipinski definition) is 2. The molecule has 0 atom stereocenters. The van der Waals surface area contributed by atoms with E-state index >= 15 is 0 Å². The van der Waals surface area contributed by atoms with Crippen molar-refractivity contribution in [3.8, 4) is 0 Å². The number of nitrogens with zero attached hydrogens (tertiary/aromatic N) is 2. The number of nitrogen functional groups attached to an aromatic ring is 1. The average molecular weight is 223 g/mol. The minimum absolute atomic E-state index is 0. The van der Waals surface area contributed by atoms with Crippen LogP contribution in [0.15, 0.2) is 36.7 Å². The minimum Gasteiger partial charge on any atom is -1.00 e. The van der Waals surface area contributed by atoms with Gasteiger partial charge in [-0.1, -0.05) is 24.3 Å². The highest BCUT2D eigenvalue weighted by Gasteiger charge is 1.99. The SMILES string of the molecule is Cc1ccccc1Cn1cc(N)cn1.[Cl-]. The largest absolute Gasteiger partial charge is 1.00 e. The number of halogens is 1. The monoisotopic (exact) mass is 222 g/mol. The van der Waals surface area contributed by atoms with E-state index in [2.05, 4.69) is 24.2 Å². The van der Waals surface area contributed by atoms with Crippen LogP contribution >= 0.6 is 0 Å². The highest BCUT2D eigenvalue weighted by Crippen LogP contribution is 2.09. The predicted molar refractivity (Wildman–Crippen MR) is 56.9 cm³/mol. The van der Waals surface area contributed by atoms with Crippen molar-refractivity contribution in [3.05, 3.63) is 47.8 Å². The van der Waals surface area contributed by atoms with Crippen molar-refractivity contribution in [2.24, 2.45) is 0 Å². The molecule has 2 rings (SSSR count). The zero-order valence-corrected chi connectivity index (χ0v) is 9.28. The molecule has 0 fully saturated rings. The van der Waals surface area contributed by atoms with Crippen LogP contribution in [0, 0.1) is 6.92 Å². The Kier molecular flexibility index (Phi) is 3.74. The quantitative estimate of drug-likeness (QED) is 0.696. The summed E-state index contributed by atoms with van der Waals surface area (Å²) < 4.78 is 1.84. The lowest BCUT2D eigenvalue weighted by Crippen LogP contribution is -3.00. The summed E-state index contributed by atoms with van der Waals surface area (Å²) >= 11 is 0. The molecule has 3 nitrogen and oxygen atoms in total. The first-order valence-corrected chi connectivity index (χ1v) is 4.58. The van der Waals surface area contributed by atoms with Gasteiger partial charge >= 0.3 is 0 Å². The van der Waals surface area contributed by atoms with E-state index in [0.29, 0.717) is 5.69 Å². The molecule has 0 saturated heterocycles. The third-order valence-electron chi connectivity index (χ3n) is 2.25. The summed E-state index contributed by atoms with van der Waals surface area (Å²) in [6.07, 6.45) is 3.50. The topological polar surface area (TPSA) is 43.8 Å². The number of aryl methyl sites for hydroxylation is 1. The lowest BCUT2D eigenvalue weighted by Gasteiger charge is -2.04. The minimum atomic E-state index is 0. The summed E-state index contributed by atoms with van der Waals surface area (Å²) in [5, 5.41) is 4.14. The number of nitrogens with two attached hydrogens (primary N) is 1. The Bertz CT molecular complexity index is 437. The van der Waals surface area contributed by atoms with Gasteiger partial charge in [-0.2, -0.15) is 5.10 Å². The van der Waals surface area contributed by atoms with E-state index < -0.39 is 0 Å². The summed E-state index contributed by atoms with van der Waals surface area (Å²) in [6.45, 7) is 2.88. The second-order valence-electron chi connectivity index (χ2n) is 3.40. The van der Waals surface area contributed by atoms with E-state index in [9.17, 15) is 0 Å². The fourth-order valence-electron chi connectivity index (χ4n) is 1.43. The Morgan fingerprint density at radius 3 is 2.67 bits per heavy atom. The molecule has 0 spiro atoms. The van der Waals surface area contributed by atoms with Crippen LogP contribution in [0.25, 0.3) is 0 Å². The smallest absolute Gasteiger partial charge is 0.0719 e. The highest BCUT2D eigenvalue weighted by atomic mass is 35.5. The highest BCUT2D eigenvalue weighted by molar-refractivity contribution is 5.31. The van der Waals surface area contributed by atoms with Crippen molar-refractivity contribution in [2.45, 2.75) is 13.5 Å². The molecule has 80 valence electrons. The van der Waals surface area contributed by atoms with Crippen LogP contribution in [0.2, 0.25) is 0 Å². The Morgan fingerprint density at radius 2 is 2.07 bits per heavy atom. The third kappa shape index (κ3) is 2.73. The number of hydrogen-bond donors (Lipinski definition) is 1. The fourth-order valence-corrected chi connectivity index (χ4v) is 1.43. The first kappa shape index (κ1) is 11.6. The molecule has 0 saturated carbocycles. The molecule has 0 amide bonds. The zero-order chi connectivity index (χ0) is 9.97. The number of benzene rings is 1. The van der Waals surface area contributed by atoms with Crippen LogP contribution in [0.3, 0.4) is 0 Å². The molecule has 0 unspecified atom stereocenters. The Hall–Kier alpha value is -1.48. The van der Waals surface area contributed by atoms with Gasteiger partial charge in [-0.3, -0.25) is 4.68 Å². The molecular weight excluding hydrogens is 210 g/mol. The molecular formula is C11H13ClN3-. The zero-order valence-electron chi connectivity index (χ0n) is 8.52. The van der Waals surface area contributed by atoms with E-state index in [4.69, 9.17) is 5.73 Å². The third-order valence-corrected chi connectivity index (χ3v) is 2.25. The number of rotatable bonds is 2. The van der Waals surface area contributed by atoms with E-state index in [1.165, 1.54) is 11.1 Å². The normalized spacial score (nSPS) is 9.67. The van der Waals surface area contributed by atoms with Gasteiger partial charge in [0.15, 0.2) is 0 Å². The van der Waals surface area contributed by atoms with Crippen molar-refractivity contribution < 1.29 is 12.4 Å². The van der Waals surface area contributed by atoms with Gasteiger partial charge in [0.2, 0.25) is 0 Å². The second kappa shape index (κ2) is 4.84. The molecule has 0 radical (unpaired) electrons. The standard InChI is InChI=1S/C11H13N3.ClH/c1-9-4-2-3-5-10(9)7-14-8-11(12)6-13-14;/h2-6,8H,7,12H2,1H3;1H/p-1. The maximum Gasteiger partial charge on any atom is 0.0719 e. The molecule has 0 aliphatic heterocycles. The molecule has 15 heavy (non-hydrogen) atoms. The van der Waals surface area contributed by atoms with Crippen molar-refractivity contribution in [1.29, 1.82) is 0 Å². The summed E-state index contributed by atoms with van der Waals surface area (Å²) in [5.41, 5.74) is 8.85. The molecule has 2 N–H and O–H groups in total. The molecule has 1 heterocycles. The molecule has 0 aliphatic carbocycles. The number of aromatic nitrogens is 2. The van der Waals surface area contributed by atoms with Gasteiger partial charge in [-0.15, -0.1) is 0 Å². The summed E-state index contributed by atoms with van der Waals surface area (Å²) in [6, 6.07) is 8.28. The number of anilines is 1. The summed E-state index contributed by atoms with van der Waals surface area (Å²) in [5.74, 6) is 0. The lowest BCUT2D eigenvalue weighted by molar-refractivity contribution is -0.00000303. The molecule has 4 heteroatoms. The maximum absolute atomic E-state index is 5.59. The predicted octanol–water partition coefficient (Wildman–Crippen LogP) is -1.17.